The lowest BCUT2D eigenvalue weighted by Crippen LogP contribution is -2.38. The Balaban J connectivity index is 0.00000280. The smallest absolute Gasteiger partial charge is 0.191 e. The van der Waals surface area contributed by atoms with Gasteiger partial charge in [-0.15, -0.1) is 24.0 Å². The van der Waals surface area contributed by atoms with E-state index in [0.29, 0.717) is 6.54 Å². The molecule has 2 aromatic heterocycles. The number of halogens is 1. The van der Waals surface area contributed by atoms with Gasteiger partial charge in [0.05, 0.1) is 17.4 Å². The first-order valence-corrected chi connectivity index (χ1v) is 9.13. The molecule has 0 radical (unpaired) electrons. The van der Waals surface area contributed by atoms with Crippen LogP contribution in [0, 0.1) is 20.8 Å². The number of furan rings is 1. The Labute approximate surface area is 183 Å². The van der Waals surface area contributed by atoms with Crippen LogP contribution < -0.4 is 10.6 Å². The number of para-hydroxylation sites is 1. The summed E-state index contributed by atoms with van der Waals surface area (Å²) < 4.78 is 7.67. The Kier molecular flexibility index (Phi) is 7.68. The van der Waals surface area contributed by atoms with E-state index in [1.54, 1.807) is 7.05 Å². The molecule has 0 fully saturated rings. The van der Waals surface area contributed by atoms with Gasteiger partial charge >= 0.3 is 0 Å². The van der Waals surface area contributed by atoms with E-state index in [4.69, 9.17) is 4.42 Å². The number of hydrogen-bond donors (Lipinski definition) is 2. The molecule has 0 aliphatic rings. The molecule has 2 heterocycles. The van der Waals surface area contributed by atoms with Gasteiger partial charge in [-0.1, -0.05) is 18.2 Å². The van der Waals surface area contributed by atoms with E-state index in [2.05, 4.69) is 52.8 Å². The average Bonchev–Trinajstić information content (AvgIpc) is 3.23. The lowest BCUT2D eigenvalue weighted by Gasteiger charge is -2.18. The molecule has 2 N–H and O–H groups in total. The number of guanidine groups is 1. The van der Waals surface area contributed by atoms with Crippen molar-refractivity contribution >= 4 is 29.9 Å². The van der Waals surface area contributed by atoms with E-state index in [9.17, 15) is 0 Å². The molecular formula is C21H28IN5O. The number of hydrogen-bond acceptors (Lipinski definition) is 3. The van der Waals surface area contributed by atoms with Gasteiger partial charge < -0.3 is 15.1 Å². The number of nitrogens with one attached hydrogen (secondary N) is 2. The molecule has 1 aromatic carbocycles. The summed E-state index contributed by atoms with van der Waals surface area (Å²) in [6.45, 7) is 8.71. The summed E-state index contributed by atoms with van der Waals surface area (Å²) in [6.07, 6.45) is 0. The third-order valence-corrected chi connectivity index (χ3v) is 4.44. The van der Waals surface area contributed by atoms with E-state index in [0.717, 1.165) is 40.1 Å². The van der Waals surface area contributed by atoms with Crippen LogP contribution in [0.5, 0.6) is 0 Å². The summed E-state index contributed by atoms with van der Waals surface area (Å²) in [5.74, 6) is 2.51. The molecule has 3 aromatic rings. The van der Waals surface area contributed by atoms with Crippen molar-refractivity contribution in [2.45, 2.75) is 40.3 Å². The zero-order valence-electron chi connectivity index (χ0n) is 17.0. The van der Waals surface area contributed by atoms with Gasteiger partial charge in [0.2, 0.25) is 0 Å². The molecule has 6 nitrogen and oxygen atoms in total. The molecule has 3 rings (SSSR count). The van der Waals surface area contributed by atoms with Gasteiger partial charge in [-0.25, -0.2) is 4.68 Å². The highest BCUT2D eigenvalue weighted by molar-refractivity contribution is 14.0. The van der Waals surface area contributed by atoms with Crippen molar-refractivity contribution in [3.63, 3.8) is 0 Å². The summed E-state index contributed by atoms with van der Waals surface area (Å²) in [4.78, 5) is 4.33. The molecular weight excluding hydrogens is 465 g/mol. The maximum atomic E-state index is 5.69. The maximum Gasteiger partial charge on any atom is 0.191 e. The Morgan fingerprint density at radius 3 is 2.54 bits per heavy atom. The lowest BCUT2D eigenvalue weighted by atomic mass is 10.1. The van der Waals surface area contributed by atoms with Crippen LogP contribution in [0.1, 0.15) is 41.4 Å². The van der Waals surface area contributed by atoms with Crippen molar-refractivity contribution in [2.75, 3.05) is 7.05 Å². The second-order valence-corrected chi connectivity index (χ2v) is 6.71. The number of rotatable bonds is 5. The SMILES string of the molecule is CN=C(NCc1ccccc1-n1nc(C)cc1C)NC(C)c1ccc(C)o1.I. The molecule has 150 valence electrons. The Morgan fingerprint density at radius 2 is 1.93 bits per heavy atom. The predicted octanol–water partition coefficient (Wildman–Crippen LogP) is 4.43. The zero-order chi connectivity index (χ0) is 19.4. The fourth-order valence-corrected chi connectivity index (χ4v) is 3.08. The maximum absolute atomic E-state index is 5.69. The topological polar surface area (TPSA) is 67.4 Å². The first-order valence-electron chi connectivity index (χ1n) is 9.13. The molecule has 0 aliphatic carbocycles. The monoisotopic (exact) mass is 493 g/mol. The molecule has 0 saturated carbocycles. The fraction of sp³-hybridized carbons (Fsp3) is 0.333. The van der Waals surface area contributed by atoms with Gasteiger partial charge in [-0.05, 0) is 57.5 Å². The van der Waals surface area contributed by atoms with Crippen molar-refractivity contribution in [1.82, 2.24) is 20.4 Å². The standard InChI is InChI=1S/C21H27N5O.HI/c1-14-12-15(2)26(25-14)19-9-7-6-8-18(19)13-23-21(22-5)24-17(4)20-11-10-16(3)27-20;/h6-12,17H,13H2,1-5H3,(H2,22,23,24);1H. The van der Waals surface area contributed by atoms with Crippen LogP contribution in [-0.2, 0) is 6.54 Å². The Morgan fingerprint density at radius 1 is 1.18 bits per heavy atom. The molecule has 7 heteroatoms. The number of aliphatic imine (C=N–C) groups is 1. The van der Waals surface area contributed by atoms with Gasteiger partial charge in [0.25, 0.3) is 0 Å². The molecule has 28 heavy (non-hydrogen) atoms. The van der Waals surface area contributed by atoms with E-state index in [-0.39, 0.29) is 30.0 Å². The molecule has 0 saturated heterocycles. The van der Waals surface area contributed by atoms with Crippen LogP contribution in [0.25, 0.3) is 5.69 Å². The fourth-order valence-electron chi connectivity index (χ4n) is 3.08. The van der Waals surface area contributed by atoms with Gasteiger partial charge in [0.1, 0.15) is 11.5 Å². The molecule has 1 unspecified atom stereocenters. The Bertz CT molecular complexity index is 944. The second kappa shape index (κ2) is 9.77. The third kappa shape index (κ3) is 5.15. The summed E-state index contributed by atoms with van der Waals surface area (Å²) >= 11 is 0. The van der Waals surface area contributed by atoms with Gasteiger partial charge in [0.15, 0.2) is 5.96 Å². The minimum atomic E-state index is 0. The second-order valence-electron chi connectivity index (χ2n) is 6.71. The van der Waals surface area contributed by atoms with Crippen molar-refractivity contribution in [2.24, 2.45) is 4.99 Å². The molecule has 0 amide bonds. The highest BCUT2D eigenvalue weighted by atomic mass is 127. The summed E-state index contributed by atoms with van der Waals surface area (Å²) in [7, 11) is 1.77. The minimum absolute atomic E-state index is 0. The molecule has 0 aliphatic heterocycles. The summed E-state index contributed by atoms with van der Waals surface area (Å²) in [6, 6.07) is 14.3. The van der Waals surface area contributed by atoms with Crippen LogP contribution >= 0.6 is 24.0 Å². The number of aromatic nitrogens is 2. The highest BCUT2D eigenvalue weighted by Crippen LogP contribution is 2.18. The number of aryl methyl sites for hydroxylation is 3. The van der Waals surface area contributed by atoms with Crippen LogP contribution in [0.15, 0.2) is 51.9 Å². The predicted molar refractivity (Wildman–Crippen MR) is 124 cm³/mol. The van der Waals surface area contributed by atoms with E-state index in [1.807, 2.05) is 42.8 Å². The average molecular weight is 493 g/mol. The van der Waals surface area contributed by atoms with Crippen molar-refractivity contribution in [3.05, 3.63) is 70.9 Å². The van der Waals surface area contributed by atoms with Crippen LogP contribution in [0.3, 0.4) is 0 Å². The van der Waals surface area contributed by atoms with E-state index < -0.39 is 0 Å². The minimum Gasteiger partial charge on any atom is -0.464 e. The van der Waals surface area contributed by atoms with E-state index in [1.165, 1.54) is 0 Å². The van der Waals surface area contributed by atoms with Gasteiger partial charge in [-0.2, -0.15) is 5.10 Å². The lowest BCUT2D eigenvalue weighted by molar-refractivity contribution is 0.441. The highest BCUT2D eigenvalue weighted by Gasteiger charge is 2.13. The Hall–Kier alpha value is -2.29. The summed E-state index contributed by atoms with van der Waals surface area (Å²) in [5.41, 5.74) is 4.34. The summed E-state index contributed by atoms with van der Waals surface area (Å²) in [5, 5.41) is 11.4. The van der Waals surface area contributed by atoms with Crippen LogP contribution in [-0.4, -0.2) is 22.8 Å². The van der Waals surface area contributed by atoms with Gasteiger partial charge in [-0.3, -0.25) is 4.99 Å². The first kappa shape index (κ1) is 22.0. The van der Waals surface area contributed by atoms with Crippen LogP contribution in [0.4, 0.5) is 0 Å². The zero-order valence-corrected chi connectivity index (χ0v) is 19.3. The third-order valence-electron chi connectivity index (χ3n) is 4.44. The number of nitrogens with zero attached hydrogens (tertiary/aromatic N) is 3. The molecule has 0 spiro atoms. The molecule has 1 atom stereocenters. The van der Waals surface area contributed by atoms with Crippen molar-refractivity contribution < 1.29 is 4.42 Å². The largest absolute Gasteiger partial charge is 0.464 e. The number of benzene rings is 1. The van der Waals surface area contributed by atoms with Crippen LogP contribution in [0.2, 0.25) is 0 Å². The quantitative estimate of drug-likeness (QED) is 0.314. The molecule has 0 bridgehead atoms. The van der Waals surface area contributed by atoms with Gasteiger partial charge in [0, 0.05) is 19.3 Å². The first-order chi connectivity index (χ1) is 13.0. The van der Waals surface area contributed by atoms with Crippen molar-refractivity contribution in [1.29, 1.82) is 0 Å². The van der Waals surface area contributed by atoms with Crippen molar-refractivity contribution in [3.8, 4) is 5.69 Å². The normalized spacial score (nSPS) is 12.4. The van der Waals surface area contributed by atoms with E-state index >= 15 is 0 Å².